The smallest absolute Gasteiger partial charge is 0.350 e. The number of ether oxygens (including phenoxy) is 3. The summed E-state index contributed by atoms with van der Waals surface area (Å²) in [5, 5.41) is 11.9. The molecular weight excluding hydrogens is 572 g/mol. The number of rotatable bonds is 9. The van der Waals surface area contributed by atoms with Crippen molar-refractivity contribution >= 4 is 45.5 Å². The summed E-state index contributed by atoms with van der Waals surface area (Å²) in [6, 6.07) is 7.76. The third kappa shape index (κ3) is 5.11. The highest BCUT2D eigenvalue weighted by atomic mass is 32.1. The number of carbonyl (C=O) groups excluding carboxylic acids is 3. The summed E-state index contributed by atoms with van der Waals surface area (Å²) < 4.78 is 18.4. The highest BCUT2D eigenvalue weighted by Gasteiger charge is 2.49. The van der Waals surface area contributed by atoms with Crippen LogP contribution in [0, 0.1) is 20.8 Å². The van der Waals surface area contributed by atoms with Gasteiger partial charge in [0, 0.05) is 6.20 Å². The molecule has 1 amide bonds. The summed E-state index contributed by atoms with van der Waals surface area (Å²) in [6.07, 6.45) is 2.60. The van der Waals surface area contributed by atoms with Crippen LogP contribution in [0.5, 0.6) is 11.5 Å². The van der Waals surface area contributed by atoms with Crippen molar-refractivity contribution in [3.05, 3.63) is 75.2 Å². The molecule has 4 heterocycles. The van der Waals surface area contributed by atoms with Gasteiger partial charge in [-0.3, -0.25) is 14.5 Å². The first-order valence-corrected chi connectivity index (χ1v) is 14.6. The number of pyridine rings is 1. The van der Waals surface area contributed by atoms with E-state index in [4.69, 9.17) is 14.2 Å². The summed E-state index contributed by atoms with van der Waals surface area (Å²) in [5.41, 5.74) is 2.91. The molecule has 0 spiro atoms. The maximum absolute atomic E-state index is 13.8. The molecule has 12 heteroatoms. The van der Waals surface area contributed by atoms with Crippen LogP contribution in [0.1, 0.15) is 64.2 Å². The summed E-state index contributed by atoms with van der Waals surface area (Å²) in [6.45, 7) is 9.93. The van der Waals surface area contributed by atoms with Gasteiger partial charge in [-0.25, -0.2) is 14.8 Å². The lowest BCUT2D eigenvalue weighted by molar-refractivity contribution is -0.132. The molecule has 1 saturated heterocycles. The molecule has 4 aromatic rings. The van der Waals surface area contributed by atoms with Crippen molar-refractivity contribution in [2.24, 2.45) is 0 Å². The Morgan fingerprint density at radius 1 is 1.07 bits per heavy atom. The van der Waals surface area contributed by atoms with E-state index in [9.17, 15) is 19.5 Å². The molecule has 0 aliphatic carbocycles. The van der Waals surface area contributed by atoms with Gasteiger partial charge in [0.2, 0.25) is 0 Å². The van der Waals surface area contributed by atoms with Crippen molar-refractivity contribution in [2.75, 3.05) is 25.2 Å². The maximum Gasteiger partial charge on any atom is 0.350 e. The highest BCUT2D eigenvalue weighted by molar-refractivity contribution is 7.17. The van der Waals surface area contributed by atoms with Gasteiger partial charge in [-0.05, 0) is 63.4 Å². The molecule has 224 valence electrons. The average molecular weight is 605 g/mol. The van der Waals surface area contributed by atoms with Gasteiger partial charge in [0.05, 0.1) is 43.3 Å². The molecule has 1 N–H and O–H groups in total. The number of aliphatic hydroxyl groups excluding tert-OH is 1. The van der Waals surface area contributed by atoms with Gasteiger partial charge in [0.25, 0.3) is 5.78 Å². The van der Waals surface area contributed by atoms with Gasteiger partial charge < -0.3 is 23.7 Å². The first-order chi connectivity index (χ1) is 20.6. The number of imidazole rings is 1. The SMILES string of the molecule is CCCOc1ccc(C2/C(=C(\O)c3nc4c(C)cccn4c3C)C(=O)C(=O)N2c2nc(C)c(C(=O)OC)s2)cc1OCC. The first kappa shape index (κ1) is 29.8. The zero-order valence-electron chi connectivity index (χ0n) is 24.8. The summed E-state index contributed by atoms with van der Waals surface area (Å²) >= 11 is 0.928. The van der Waals surface area contributed by atoms with Crippen molar-refractivity contribution in [2.45, 2.75) is 47.1 Å². The average Bonchev–Trinajstić information content (AvgIpc) is 3.63. The van der Waals surface area contributed by atoms with Crippen LogP contribution in [0.3, 0.4) is 0 Å². The first-order valence-electron chi connectivity index (χ1n) is 13.8. The molecule has 1 aliphatic rings. The number of hydrogen-bond donors (Lipinski definition) is 1. The van der Waals surface area contributed by atoms with Gasteiger partial charge in [-0.15, -0.1) is 0 Å². The molecule has 0 bridgehead atoms. The molecule has 1 atom stereocenters. The van der Waals surface area contributed by atoms with E-state index in [2.05, 4.69) is 9.97 Å². The Balaban J connectivity index is 1.76. The van der Waals surface area contributed by atoms with Gasteiger partial charge in [0.15, 0.2) is 22.4 Å². The van der Waals surface area contributed by atoms with E-state index >= 15 is 0 Å². The van der Waals surface area contributed by atoms with Crippen molar-refractivity contribution in [1.29, 1.82) is 0 Å². The van der Waals surface area contributed by atoms with E-state index in [0.29, 0.717) is 47.3 Å². The Morgan fingerprint density at radius 3 is 2.51 bits per heavy atom. The number of aryl methyl sites for hydroxylation is 3. The number of ketones is 1. The number of fused-ring (bicyclic) bond motifs is 1. The van der Waals surface area contributed by atoms with Crippen LogP contribution in [-0.2, 0) is 14.3 Å². The second-order valence-corrected chi connectivity index (χ2v) is 11.0. The lowest BCUT2D eigenvalue weighted by atomic mass is 9.96. The molecule has 1 fully saturated rings. The molecule has 1 unspecified atom stereocenters. The zero-order valence-corrected chi connectivity index (χ0v) is 25.6. The molecule has 1 aliphatic heterocycles. The normalized spacial score (nSPS) is 16.2. The Bertz CT molecular complexity index is 1790. The van der Waals surface area contributed by atoms with Crippen LogP contribution in [0.25, 0.3) is 11.4 Å². The predicted octanol–water partition coefficient (Wildman–Crippen LogP) is 5.32. The number of benzene rings is 1. The Morgan fingerprint density at radius 2 is 1.84 bits per heavy atom. The minimum atomic E-state index is -1.11. The fraction of sp³-hybridized carbons (Fsp3) is 0.323. The Kier molecular flexibility index (Phi) is 8.23. The number of aliphatic hydroxyl groups is 1. The summed E-state index contributed by atoms with van der Waals surface area (Å²) in [7, 11) is 1.25. The minimum absolute atomic E-state index is 0.107. The third-order valence-corrected chi connectivity index (χ3v) is 8.30. The molecule has 3 aromatic heterocycles. The lowest BCUT2D eigenvalue weighted by Crippen LogP contribution is -2.29. The minimum Gasteiger partial charge on any atom is -0.505 e. The third-order valence-electron chi connectivity index (χ3n) is 7.16. The largest absolute Gasteiger partial charge is 0.505 e. The molecule has 5 rings (SSSR count). The van der Waals surface area contributed by atoms with Crippen LogP contribution in [0.4, 0.5) is 5.13 Å². The number of Topliss-reactive ketones (excluding diaryl/α,β-unsaturated/α-hetero) is 1. The van der Waals surface area contributed by atoms with E-state index in [-0.39, 0.29) is 21.3 Å². The number of amides is 1. The zero-order chi connectivity index (χ0) is 31.0. The number of hydrogen-bond acceptors (Lipinski definition) is 10. The van der Waals surface area contributed by atoms with Gasteiger partial charge in [-0.1, -0.05) is 30.4 Å². The van der Waals surface area contributed by atoms with E-state index in [0.717, 1.165) is 23.3 Å². The van der Waals surface area contributed by atoms with Crippen molar-refractivity contribution in [3.63, 3.8) is 0 Å². The number of esters is 1. The van der Waals surface area contributed by atoms with Crippen LogP contribution < -0.4 is 14.4 Å². The van der Waals surface area contributed by atoms with E-state index in [1.807, 2.05) is 43.5 Å². The Labute approximate surface area is 252 Å². The quantitative estimate of drug-likeness (QED) is 0.117. The van der Waals surface area contributed by atoms with Crippen LogP contribution in [0.2, 0.25) is 0 Å². The number of aromatic nitrogens is 3. The molecule has 0 saturated carbocycles. The molecular formula is C31H32N4O7S. The number of methoxy groups -OCH3 is 1. The predicted molar refractivity (Wildman–Crippen MR) is 161 cm³/mol. The fourth-order valence-corrected chi connectivity index (χ4v) is 6.09. The topological polar surface area (TPSA) is 133 Å². The van der Waals surface area contributed by atoms with Crippen LogP contribution >= 0.6 is 11.3 Å². The maximum atomic E-state index is 13.8. The molecule has 11 nitrogen and oxygen atoms in total. The van der Waals surface area contributed by atoms with Gasteiger partial charge in [-0.2, -0.15) is 0 Å². The molecule has 1 aromatic carbocycles. The van der Waals surface area contributed by atoms with E-state index in [1.54, 1.807) is 32.0 Å². The van der Waals surface area contributed by atoms with E-state index < -0.39 is 29.5 Å². The number of thiazole rings is 1. The van der Waals surface area contributed by atoms with Crippen molar-refractivity contribution in [3.8, 4) is 11.5 Å². The number of carbonyl (C=O) groups is 3. The van der Waals surface area contributed by atoms with Gasteiger partial charge >= 0.3 is 11.9 Å². The highest BCUT2D eigenvalue weighted by Crippen LogP contribution is 2.46. The second-order valence-electron chi connectivity index (χ2n) is 9.99. The summed E-state index contributed by atoms with van der Waals surface area (Å²) in [4.78, 5) is 50.4. The fourth-order valence-electron chi connectivity index (χ4n) is 5.08. The Hall–Kier alpha value is -4.71. The van der Waals surface area contributed by atoms with Crippen LogP contribution in [0.15, 0.2) is 42.1 Å². The van der Waals surface area contributed by atoms with Gasteiger partial charge in [0.1, 0.15) is 16.2 Å². The molecule has 43 heavy (non-hydrogen) atoms. The second kappa shape index (κ2) is 11.9. The standard InChI is InChI=1S/C31H32N4O7S/c1-7-14-42-20-12-11-19(15-21(20)41-8-2)24-22(25(36)23-18(5)34-13-9-10-16(3)28(34)33-23)26(37)29(38)35(24)31-32-17(4)27(43-31)30(39)40-6/h9-13,15,24,36H,7-8,14H2,1-6H3/b25-22+. The summed E-state index contributed by atoms with van der Waals surface area (Å²) in [5.74, 6) is -1.91. The number of anilines is 1. The number of nitrogens with zero attached hydrogens (tertiary/aromatic N) is 4. The lowest BCUT2D eigenvalue weighted by Gasteiger charge is -2.24. The van der Waals surface area contributed by atoms with Crippen LogP contribution in [-0.4, -0.2) is 57.5 Å². The van der Waals surface area contributed by atoms with E-state index in [1.165, 1.54) is 12.0 Å². The van der Waals surface area contributed by atoms with Crippen molar-refractivity contribution in [1.82, 2.24) is 14.4 Å². The van der Waals surface area contributed by atoms with Crippen molar-refractivity contribution < 1.29 is 33.7 Å². The monoisotopic (exact) mass is 604 g/mol. The molecule has 0 radical (unpaired) electrons.